The van der Waals surface area contributed by atoms with Crippen molar-refractivity contribution in [2.75, 3.05) is 0 Å². The third kappa shape index (κ3) is 2.99. The molecule has 0 bridgehead atoms. The third-order valence-corrected chi connectivity index (χ3v) is 5.64. The summed E-state index contributed by atoms with van der Waals surface area (Å²) in [6.07, 6.45) is 1.74. The van der Waals surface area contributed by atoms with Crippen LogP contribution in [0.15, 0.2) is 72.8 Å². The minimum Gasteiger partial charge on any atom is -0.358 e. The van der Waals surface area contributed by atoms with Crippen molar-refractivity contribution in [1.29, 1.82) is 0 Å². The van der Waals surface area contributed by atoms with Crippen molar-refractivity contribution >= 4 is 16.8 Å². The van der Waals surface area contributed by atoms with Crippen LogP contribution < -0.4 is 5.32 Å². The second kappa shape index (κ2) is 6.68. The van der Waals surface area contributed by atoms with Crippen molar-refractivity contribution in [1.82, 2.24) is 10.3 Å². The van der Waals surface area contributed by atoms with Crippen molar-refractivity contribution in [3.05, 3.63) is 95.2 Å². The molecule has 1 aliphatic rings. The molecule has 3 aromatic carbocycles. The van der Waals surface area contributed by atoms with Gasteiger partial charge in [0.05, 0.1) is 0 Å². The first-order valence-electron chi connectivity index (χ1n) is 9.74. The lowest BCUT2D eigenvalue weighted by Crippen LogP contribution is -2.35. The minimum absolute atomic E-state index is 0.00440. The highest BCUT2D eigenvalue weighted by molar-refractivity contribution is 5.95. The lowest BCUT2D eigenvalue weighted by Gasteiger charge is -2.13. The van der Waals surface area contributed by atoms with E-state index in [0.29, 0.717) is 5.56 Å². The number of benzene rings is 3. The number of hydrogen-bond donors (Lipinski definition) is 2. The van der Waals surface area contributed by atoms with Gasteiger partial charge in [0.15, 0.2) is 0 Å². The normalized spacial score (nSPS) is 15.5. The van der Waals surface area contributed by atoms with Gasteiger partial charge in [-0.25, -0.2) is 0 Å². The Balaban J connectivity index is 1.30. The Morgan fingerprint density at radius 1 is 0.929 bits per heavy atom. The van der Waals surface area contributed by atoms with Crippen LogP contribution in [0, 0.1) is 6.92 Å². The van der Waals surface area contributed by atoms with Crippen LogP contribution in [0.2, 0.25) is 0 Å². The van der Waals surface area contributed by atoms with Crippen molar-refractivity contribution in [2.24, 2.45) is 0 Å². The highest BCUT2D eigenvalue weighted by Gasteiger charge is 2.26. The summed E-state index contributed by atoms with van der Waals surface area (Å²) in [7, 11) is 0. The van der Waals surface area contributed by atoms with Crippen molar-refractivity contribution in [3.63, 3.8) is 0 Å². The van der Waals surface area contributed by atoms with E-state index in [2.05, 4.69) is 47.6 Å². The first-order valence-corrected chi connectivity index (χ1v) is 9.74. The Morgan fingerprint density at radius 2 is 1.68 bits per heavy atom. The molecule has 0 saturated heterocycles. The highest BCUT2D eigenvalue weighted by Crippen LogP contribution is 2.31. The number of aryl methyl sites for hydroxylation is 1. The van der Waals surface area contributed by atoms with Crippen LogP contribution in [0.5, 0.6) is 0 Å². The predicted octanol–water partition coefficient (Wildman–Crippen LogP) is 5.04. The summed E-state index contributed by atoms with van der Waals surface area (Å²) < 4.78 is 0. The monoisotopic (exact) mass is 366 g/mol. The first-order chi connectivity index (χ1) is 13.7. The number of nitrogens with one attached hydrogen (secondary N) is 2. The zero-order chi connectivity index (χ0) is 19.1. The zero-order valence-corrected chi connectivity index (χ0v) is 15.8. The molecule has 3 heteroatoms. The maximum absolute atomic E-state index is 12.7. The second-order valence-corrected chi connectivity index (χ2v) is 7.65. The van der Waals surface area contributed by atoms with E-state index in [1.54, 1.807) is 0 Å². The number of aromatic amines is 1. The molecule has 3 nitrogen and oxygen atoms in total. The molecule has 4 aromatic rings. The number of fused-ring (bicyclic) bond motifs is 3. The number of hydrogen-bond acceptors (Lipinski definition) is 1. The fraction of sp³-hybridized carbons (Fsp3) is 0.160. The Kier molecular flexibility index (Phi) is 4.01. The summed E-state index contributed by atoms with van der Waals surface area (Å²) in [6, 6.07) is 24.7. The fourth-order valence-corrected chi connectivity index (χ4v) is 4.21. The number of H-pyrrole nitrogens is 1. The van der Waals surface area contributed by atoms with E-state index < -0.39 is 0 Å². The van der Waals surface area contributed by atoms with Gasteiger partial charge in [0.1, 0.15) is 0 Å². The molecule has 138 valence electrons. The molecule has 1 aromatic heterocycles. The molecule has 0 fully saturated rings. The van der Waals surface area contributed by atoms with Gasteiger partial charge < -0.3 is 10.3 Å². The van der Waals surface area contributed by atoms with Crippen LogP contribution in [0.4, 0.5) is 0 Å². The number of carbonyl (C=O) groups excluding carboxylic acids is 1. The molecule has 5 rings (SSSR count). The lowest BCUT2D eigenvalue weighted by molar-refractivity contribution is 0.0938. The van der Waals surface area contributed by atoms with E-state index in [0.717, 1.165) is 24.0 Å². The Morgan fingerprint density at radius 3 is 2.46 bits per heavy atom. The molecular formula is C25H22N2O. The third-order valence-electron chi connectivity index (χ3n) is 5.64. The topological polar surface area (TPSA) is 44.9 Å². The molecule has 28 heavy (non-hydrogen) atoms. The summed E-state index contributed by atoms with van der Waals surface area (Å²) in [4.78, 5) is 16.2. The van der Waals surface area contributed by atoms with Gasteiger partial charge >= 0.3 is 0 Å². The number of aromatic nitrogens is 1. The minimum atomic E-state index is -0.00440. The van der Waals surface area contributed by atoms with Gasteiger partial charge in [0.2, 0.25) is 0 Å². The molecule has 2 N–H and O–H groups in total. The maximum Gasteiger partial charge on any atom is 0.251 e. The highest BCUT2D eigenvalue weighted by atomic mass is 16.1. The second-order valence-electron chi connectivity index (χ2n) is 7.65. The van der Waals surface area contributed by atoms with Gasteiger partial charge in [0, 0.05) is 34.6 Å². The molecule has 1 heterocycles. The summed E-state index contributed by atoms with van der Waals surface area (Å²) in [5.74, 6) is -0.00440. The van der Waals surface area contributed by atoms with Crippen LogP contribution in [-0.2, 0) is 12.8 Å². The molecule has 1 amide bonds. The largest absolute Gasteiger partial charge is 0.358 e. The van der Waals surface area contributed by atoms with Crippen LogP contribution in [0.3, 0.4) is 0 Å². The Labute approximate surface area is 164 Å². The standard InChI is InChI=1S/C25H22N2O/c1-16-7-12-23-21(13-16)22-14-20(15-24(22)27-23)26-25(28)19-10-8-18(9-11-19)17-5-3-2-4-6-17/h2-13,20,27H,14-15H2,1H3,(H,26,28). The molecule has 1 atom stereocenters. The maximum atomic E-state index is 12.7. The first kappa shape index (κ1) is 16.8. The fourth-order valence-electron chi connectivity index (χ4n) is 4.21. The summed E-state index contributed by atoms with van der Waals surface area (Å²) >= 11 is 0. The molecular weight excluding hydrogens is 344 g/mol. The summed E-state index contributed by atoms with van der Waals surface area (Å²) in [5.41, 5.74) is 8.04. The van der Waals surface area contributed by atoms with E-state index in [-0.39, 0.29) is 11.9 Å². The molecule has 1 unspecified atom stereocenters. The smallest absolute Gasteiger partial charge is 0.251 e. The van der Waals surface area contributed by atoms with E-state index in [4.69, 9.17) is 0 Å². The SMILES string of the molecule is Cc1ccc2[nH]c3c(c2c1)CC(NC(=O)c1ccc(-c2ccccc2)cc1)C3. The molecule has 0 spiro atoms. The van der Waals surface area contributed by atoms with Crippen molar-refractivity contribution in [3.8, 4) is 11.1 Å². The van der Waals surface area contributed by atoms with E-state index >= 15 is 0 Å². The van der Waals surface area contributed by atoms with Crippen LogP contribution in [-0.4, -0.2) is 16.9 Å². The molecule has 0 aliphatic heterocycles. The van der Waals surface area contributed by atoms with Gasteiger partial charge in [-0.15, -0.1) is 0 Å². The molecule has 1 aliphatic carbocycles. The number of amides is 1. The van der Waals surface area contributed by atoms with Gasteiger partial charge in [0.25, 0.3) is 5.91 Å². The quantitative estimate of drug-likeness (QED) is 0.524. The van der Waals surface area contributed by atoms with Gasteiger partial charge in [-0.2, -0.15) is 0 Å². The van der Waals surface area contributed by atoms with E-state index in [1.165, 1.54) is 27.7 Å². The molecule has 0 saturated carbocycles. The van der Waals surface area contributed by atoms with E-state index in [9.17, 15) is 4.79 Å². The number of rotatable bonds is 3. The van der Waals surface area contributed by atoms with Gasteiger partial charge in [-0.05, 0) is 54.3 Å². The van der Waals surface area contributed by atoms with Crippen molar-refractivity contribution < 1.29 is 4.79 Å². The van der Waals surface area contributed by atoms with E-state index in [1.807, 2.05) is 42.5 Å². The van der Waals surface area contributed by atoms with Crippen LogP contribution in [0.25, 0.3) is 22.0 Å². The van der Waals surface area contributed by atoms with Gasteiger partial charge in [-0.1, -0.05) is 54.1 Å². The Bertz CT molecular complexity index is 1160. The summed E-state index contributed by atoms with van der Waals surface area (Å²) in [5, 5.41) is 4.50. The zero-order valence-electron chi connectivity index (χ0n) is 15.8. The van der Waals surface area contributed by atoms with Crippen LogP contribution in [0.1, 0.15) is 27.2 Å². The Hall–Kier alpha value is -3.33. The van der Waals surface area contributed by atoms with Gasteiger partial charge in [-0.3, -0.25) is 4.79 Å². The van der Waals surface area contributed by atoms with Crippen LogP contribution >= 0.6 is 0 Å². The molecule has 0 radical (unpaired) electrons. The predicted molar refractivity (Wildman–Crippen MR) is 114 cm³/mol. The van der Waals surface area contributed by atoms with Crippen molar-refractivity contribution in [2.45, 2.75) is 25.8 Å². The lowest BCUT2D eigenvalue weighted by atomic mass is 10.0. The average molecular weight is 366 g/mol. The summed E-state index contributed by atoms with van der Waals surface area (Å²) in [6.45, 7) is 2.12. The number of carbonyl (C=O) groups is 1. The average Bonchev–Trinajstić information content (AvgIpc) is 3.26.